The number of aromatic nitrogens is 3. The maximum absolute atomic E-state index is 12.9. The molecule has 130 valence electrons. The van der Waals surface area contributed by atoms with Crippen LogP contribution in [0.2, 0.25) is 0 Å². The Kier molecular flexibility index (Phi) is 3.99. The van der Waals surface area contributed by atoms with Gasteiger partial charge in [-0.1, -0.05) is 6.07 Å². The molecule has 25 heavy (non-hydrogen) atoms. The molecule has 0 spiro atoms. The Balaban J connectivity index is 1.50. The third-order valence-electron chi connectivity index (χ3n) is 5.23. The average molecular weight is 339 g/mol. The first-order valence-electron chi connectivity index (χ1n) is 8.59. The van der Waals surface area contributed by atoms with Crippen molar-refractivity contribution in [2.75, 3.05) is 7.05 Å². The molecule has 2 aliphatic rings. The molecule has 0 radical (unpaired) electrons. The smallest absolute Gasteiger partial charge is 0.226 e. The number of pyridine rings is 1. The van der Waals surface area contributed by atoms with E-state index in [2.05, 4.69) is 19.9 Å². The minimum atomic E-state index is -0.383. The van der Waals surface area contributed by atoms with Gasteiger partial charge in [-0.05, 0) is 18.1 Å². The number of carbonyl (C=O) groups is 2. The largest absolute Gasteiger partial charge is 0.351 e. The first kappa shape index (κ1) is 15.8. The Bertz CT molecular complexity index is 788. The van der Waals surface area contributed by atoms with E-state index in [1.165, 1.54) is 0 Å². The second-order valence-electron chi connectivity index (χ2n) is 6.79. The van der Waals surface area contributed by atoms with Gasteiger partial charge in [0.2, 0.25) is 11.8 Å². The van der Waals surface area contributed by atoms with Gasteiger partial charge in [-0.2, -0.15) is 0 Å². The minimum absolute atomic E-state index is 0.00505. The van der Waals surface area contributed by atoms with E-state index in [0.29, 0.717) is 0 Å². The summed E-state index contributed by atoms with van der Waals surface area (Å²) >= 11 is 0. The molecule has 2 aromatic rings. The van der Waals surface area contributed by atoms with Crippen LogP contribution in [0, 0.1) is 5.92 Å². The van der Waals surface area contributed by atoms with Crippen LogP contribution in [0.4, 0.5) is 0 Å². The summed E-state index contributed by atoms with van der Waals surface area (Å²) < 4.78 is 2.08. The van der Waals surface area contributed by atoms with Gasteiger partial charge in [0.15, 0.2) is 0 Å². The van der Waals surface area contributed by atoms with Crippen molar-refractivity contribution >= 4 is 11.8 Å². The first-order chi connectivity index (χ1) is 12.1. The molecule has 0 aromatic carbocycles. The fourth-order valence-electron chi connectivity index (χ4n) is 3.90. The van der Waals surface area contributed by atoms with Gasteiger partial charge in [-0.25, -0.2) is 4.98 Å². The zero-order valence-corrected chi connectivity index (χ0v) is 14.1. The SMILES string of the molecule is CN1C(=O)CC(C(=O)NC2CCc3nccn3C2)C1c1cccnc1. The topological polar surface area (TPSA) is 80.1 Å². The highest BCUT2D eigenvalue weighted by atomic mass is 16.2. The molecule has 2 aromatic heterocycles. The molecule has 7 nitrogen and oxygen atoms in total. The van der Waals surface area contributed by atoms with Crippen LogP contribution >= 0.6 is 0 Å². The third-order valence-corrected chi connectivity index (χ3v) is 5.23. The summed E-state index contributed by atoms with van der Waals surface area (Å²) in [5.74, 6) is 0.620. The summed E-state index contributed by atoms with van der Waals surface area (Å²) in [4.78, 5) is 35.2. The molecular weight excluding hydrogens is 318 g/mol. The molecule has 0 bridgehead atoms. The molecule has 4 rings (SSSR count). The van der Waals surface area contributed by atoms with E-state index in [1.807, 2.05) is 18.3 Å². The summed E-state index contributed by atoms with van der Waals surface area (Å²) in [6.07, 6.45) is 9.13. The van der Waals surface area contributed by atoms with Crippen LogP contribution < -0.4 is 5.32 Å². The van der Waals surface area contributed by atoms with E-state index in [0.717, 1.165) is 30.8 Å². The molecule has 2 aliphatic heterocycles. The van der Waals surface area contributed by atoms with E-state index in [9.17, 15) is 9.59 Å². The summed E-state index contributed by atoms with van der Waals surface area (Å²) in [5, 5.41) is 3.15. The number of hydrogen-bond acceptors (Lipinski definition) is 4. The zero-order chi connectivity index (χ0) is 17.4. The lowest BCUT2D eigenvalue weighted by atomic mass is 9.93. The summed E-state index contributed by atoms with van der Waals surface area (Å²) in [5.41, 5.74) is 0.900. The fourth-order valence-corrected chi connectivity index (χ4v) is 3.90. The Morgan fingerprint density at radius 3 is 3.04 bits per heavy atom. The summed E-state index contributed by atoms with van der Waals surface area (Å²) in [6, 6.07) is 3.58. The Morgan fingerprint density at radius 2 is 2.24 bits per heavy atom. The highest BCUT2D eigenvalue weighted by Gasteiger charge is 2.43. The van der Waals surface area contributed by atoms with E-state index < -0.39 is 0 Å². The normalized spacial score (nSPS) is 25.7. The van der Waals surface area contributed by atoms with Gasteiger partial charge in [0, 0.05) is 57.3 Å². The lowest BCUT2D eigenvalue weighted by molar-refractivity contribution is -0.128. The van der Waals surface area contributed by atoms with Gasteiger partial charge in [-0.3, -0.25) is 14.6 Å². The van der Waals surface area contributed by atoms with Gasteiger partial charge >= 0.3 is 0 Å². The van der Waals surface area contributed by atoms with E-state index in [4.69, 9.17) is 0 Å². The third kappa shape index (κ3) is 2.90. The number of fused-ring (bicyclic) bond motifs is 1. The predicted molar refractivity (Wildman–Crippen MR) is 90.3 cm³/mol. The number of carbonyl (C=O) groups excluding carboxylic acids is 2. The van der Waals surface area contributed by atoms with Crippen molar-refractivity contribution in [3.8, 4) is 0 Å². The number of rotatable bonds is 3. The van der Waals surface area contributed by atoms with Gasteiger partial charge in [0.05, 0.1) is 12.0 Å². The number of likely N-dealkylation sites (tertiary alicyclic amines) is 1. The molecule has 1 saturated heterocycles. The molecule has 1 N–H and O–H groups in total. The summed E-state index contributed by atoms with van der Waals surface area (Å²) in [7, 11) is 1.76. The lowest BCUT2D eigenvalue weighted by Gasteiger charge is -2.28. The van der Waals surface area contributed by atoms with Crippen LogP contribution in [0.1, 0.15) is 30.3 Å². The van der Waals surface area contributed by atoms with Crippen molar-refractivity contribution < 1.29 is 9.59 Å². The number of hydrogen-bond donors (Lipinski definition) is 1. The predicted octanol–water partition coefficient (Wildman–Crippen LogP) is 0.929. The van der Waals surface area contributed by atoms with Crippen molar-refractivity contribution in [2.45, 2.75) is 37.9 Å². The van der Waals surface area contributed by atoms with Gasteiger partial charge < -0.3 is 14.8 Å². The van der Waals surface area contributed by atoms with E-state index in [1.54, 1.807) is 30.5 Å². The van der Waals surface area contributed by atoms with Gasteiger partial charge in [-0.15, -0.1) is 0 Å². The number of nitrogens with one attached hydrogen (secondary N) is 1. The molecule has 4 heterocycles. The average Bonchev–Trinajstić information content (AvgIpc) is 3.20. The maximum atomic E-state index is 12.9. The number of amides is 2. The van der Waals surface area contributed by atoms with Crippen molar-refractivity contribution in [3.63, 3.8) is 0 Å². The molecule has 3 unspecified atom stereocenters. The number of nitrogens with zero attached hydrogens (tertiary/aromatic N) is 4. The number of imidazole rings is 1. The maximum Gasteiger partial charge on any atom is 0.226 e. The van der Waals surface area contributed by atoms with Crippen molar-refractivity contribution in [3.05, 3.63) is 48.3 Å². The second-order valence-corrected chi connectivity index (χ2v) is 6.79. The monoisotopic (exact) mass is 339 g/mol. The highest BCUT2D eigenvalue weighted by molar-refractivity contribution is 5.90. The highest BCUT2D eigenvalue weighted by Crippen LogP contribution is 2.36. The van der Waals surface area contributed by atoms with Crippen LogP contribution in [0.15, 0.2) is 36.9 Å². The van der Waals surface area contributed by atoms with Crippen molar-refractivity contribution in [1.29, 1.82) is 0 Å². The standard InChI is InChI=1S/C18H21N5O2/c1-22-16(24)9-14(17(22)12-3-2-6-19-10-12)18(25)21-13-4-5-15-20-7-8-23(15)11-13/h2-3,6-8,10,13-14,17H,4-5,9,11H2,1H3,(H,21,25). The lowest BCUT2D eigenvalue weighted by Crippen LogP contribution is -2.44. The van der Waals surface area contributed by atoms with Gasteiger partial charge in [0.1, 0.15) is 5.82 Å². The second kappa shape index (κ2) is 6.31. The van der Waals surface area contributed by atoms with E-state index in [-0.39, 0.29) is 36.2 Å². The van der Waals surface area contributed by atoms with Crippen LogP contribution in [0.25, 0.3) is 0 Å². The molecule has 3 atom stereocenters. The Hall–Kier alpha value is -2.70. The van der Waals surface area contributed by atoms with Crippen molar-refractivity contribution in [2.24, 2.45) is 5.92 Å². The molecule has 2 amide bonds. The summed E-state index contributed by atoms with van der Waals surface area (Å²) in [6.45, 7) is 0.731. The van der Waals surface area contributed by atoms with E-state index >= 15 is 0 Å². The molecule has 0 saturated carbocycles. The molecule has 0 aliphatic carbocycles. The zero-order valence-electron chi connectivity index (χ0n) is 14.1. The van der Waals surface area contributed by atoms with Crippen LogP contribution in [0.3, 0.4) is 0 Å². The fraction of sp³-hybridized carbons (Fsp3) is 0.444. The van der Waals surface area contributed by atoms with Crippen LogP contribution in [-0.4, -0.2) is 44.3 Å². The number of aryl methyl sites for hydroxylation is 1. The molecular formula is C18H21N5O2. The van der Waals surface area contributed by atoms with Crippen molar-refractivity contribution in [1.82, 2.24) is 24.8 Å². The Morgan fingerprint density at radius 1 is 1.36 bits per heavy atom. The van der Waals surface area contributed by atoms with Crippen LogP contribution in [0.5, 0.6) is 0 Å². The quantitative estimate of drug-likeness (QED) is 0.902. The minimum Gasteiger partial charge on any atom is -0.351 e. The van der Waals surface area contributed by atoms with Gasteiger partial charge in [0.25, 0.3) is 0 Å². The molecule has 7 heteroatoms. The Labute approximate surface area is 146 Å². The molecule has 1 fully saturated rings. The first-order valence-corrected chi connectivity index (χ1v) is 8.59. The van der Waals surface area contributed by atoms with Crippen LogP contribution in [-0.2, 0) is 22.6 Å².